The van der Waals surface area contributed by atoms with Crippen molar-refractivity contribution in [1.82, 2.24) is 24.9 Å². The van der Waals surface area contributed by atoms with Crippen LogP contribution in [0.15, 0.2) is 276 Å². The highest BCUT2D eigenvalue weighted by Gasteiger charge is 2.26. The highest BCUT2D eigenvalue weighted by molar-refractivity contribution is 7.27. The van der Waals surface area contributed by atoms with E-state index in [9.17, 15) is 0 Å². The molecule has 0 spiro atoms. The fourth-order valence-corrected chi connectivity index (χ4v) is 14.6. The quantitative estimate of drug-likeness (QED) is 0.172. The molecule has 8 nitrogen and oxygen atoms in total. The van der Waals surface area contributed by atoms with Gasteiger partial charge >= 0.3 is 0 Å². The molecule has 0 aliphatic heterocycles. The van der Waals surface area contributed by atoms with E-state index in [2.05, 4.69) is 130 Å². The molecule has 0 saturated heterocycles. The second-order valence-electron chi connectivity index (χ2n) is 20.6. The molecule has 0 aliphatic carbocycles. The number of nitrogens with zero attached hydrogens (tertiary/aromatic N) is 5. The minimum atomic E-state index is -0.474. The number of hydrogen-bond acceptors (Lipinski definition) is 9. The molecule has 19 rings (SSSR count). The summed E-state index contributed by atoms with van der Waals surface area (Å²) in [5.41, 5.74) is 6.69. The number of anilines is 3. The summed E-state index contributed by atoms with van der Waals surface area (Å²) in [5.74, 6) is 0.274. The molecule has 11 heteroatoms. The van der Waals surface area contributed by atoms with Gasteiger partial charge in [0.25, 0.3) is 0 Å². The Morgan fingerprint density at radius 1 is 0.425 bits per heavy atom. The van der Waals surface area contributed by atoms with Gasteiger partial charge in [0.15, 0.2) is 11.2 Å². The van der Waals surface area contributed by atoms with Gasteiger partial charge in [-0.2, -0.15) is 0 Å². The van der Waals surface area contributed by atoms with Crippen LogP contribution in [0.1, 0.15) is 13.7 Å². The molecule has 0 bridgehead atoms. The predicted molar refractivity (Wildman–Crippen MR) is 366 cm³/mol. The van der Waals surface area contributed by atoms with Gasteiger partial charge in [0, 0.05) is 74.8 Å². The fraction of sp³-hybridized carbons (Fsp3) is 0. The number of H-pyrrole nitrogens is 1. The normalized spacial score (nSPS) is 13.3. The van der Waals surface area contributed by atoms with Crippen LogP contribution in [-0.4, -0.2) is 24.9 Å². The van der Waals surface area contributed by atoms with Gasteiger partial charge in [-0.15, -0.1) is 22.7 Å². The van der Waals surface area contributed by atoms with Crippen molar-refractivity contribution in [2.24, 2.45) is 0 Å². The third-order valence-corrected chi connectivity index (χ3v) is 18.2. The van der Waals surface area contributed by atoms with Crippen molar-refractivity contribution in [2.75, 3.05) is 4.90 Å². The molecule has 0 aliphatic rings. The zero-order chi connectivity index (χ0) is 66.2. The van der Waals surface area contributed by atoms with Crippen LogP contribution in [0.25, 0.3) is 150 Å². The van der Waals surface area contributed by atoms with Crippen LogP contribution in [-0.2, 0) is 0 Å². The van der Waals surface area contributed by atoms with Crippen molar-refractivity contribution in [3.63, 3.8) is 0 Å². The Morgan fingerprint density at radius 3 is 1.55 bits per heavy atom. The van der Waals surface area contributed by atoms with Crippen molar-refractivity contribution in [1.29, 1.82) is 0 Å². The van der Waals surface area contributed by atoms with E-state index >= 15 is 0 Å². The number of benzene rings is 12. The van der Waals surface area contributed by atoms with Gasteiger partial charge in [0.05, 0.1) is 34.3 Å². The summed E-state index contributed by atoms with van der Waals surface area (Å²) in [7, 11) is 0. The molecule has 0 radical (unpaired) electrons. The minimum Gasteiger partial charge on any atom is -0.452 e. The Labute approximate surface area is 523 Å². The first-order valence-corrected chi connectivity index (χ1v) is 29.8. The lowest BCUT2D eigenvalue weighted by Gasteiger charge is -2.25. The molecule has 12 aromatic carbocycles. The molecule has 7 aromatic heterocycles. The zero-order valence-corrected chi connectivity index (χ0v) is 47.8. The highest BCUT2D eigenvalue weighted by atomic mass is 35.5. The number of thiophene rings is 2. The Hall–Kier alpha value is -10.8. The van der Waals surface area contributed by atoms with Gasteiger partial charge in [-0.05, 0) is 93.8 Å². The van der Waals surface area contributed by atoms with Crippen LogP contribution in [0, 0.1) is 0 Å². The van der Waals surface area contributed by atoms with Crippen LogP contribution in [0.4, 0.5) is 17.3 Å². The van der Waals surface area contributed by atoms with E-state index < -0.39 is 36.3 Å². The molecule has 0 amide bonds. The number of halogens is 1. The van der Waals surface area contributed by atoms with E-state index in [1.54, 1.807) is 29.5 Å². The summed E-state index contributed by atoms with van der Waals surface area (Å²) in [6, 6.07) is 65.2. The SMILES string of the molecule is [2H]c1c([2H])c([2H])c(-c2nc(Cl)nc3c2oc2ccccc23)c([2H])c1[2H].[2H]c1c([2H])c([2H])c(-c2nc(N(c3ccccc3)c3cc4ccccc4c4c3sc3ccccc34)nc3c2oc2ccccc23)c([2H])c1[2H].c1ccc2c(c1)[nH]c1c3sc4ccccc4c3c3ccccc3c21. The van der Waals surface area contributed by atoms with Crippen molar-refractivity contribution >= 4 is 179 Å². The Kier molecular flexibility index (Phi) is 9.87. The van der Waals surface area contributed by atoms with Crippen LogP contribution in [0.2, 0.25) is 5.28 Å². The van der Waals surface area contributed by atoms with Gasteiger partial charge in [-0.25, -0.2) is 19.9 Å². The number of rotatable bonds is 5. The number of aromatic amines is 1. The lowest BCUT2D eigenvalue weighted by molar-refractivity contribution is 0.667. The number of para-hydroxylation sites is 4. The molecule has 0 saturated carbocycles. The third kappa shape index (κ3) is 8.48. The standard InChI is InChI=1S/C38H23N3OS.C22H13NS.C16H9ClN2O/c1-3-13-24(14-4-1)34-36-35(28-19-9-11-21-31(28)42-36)40-38(39-34)41(26-16-5-2-6-17-26)30-23-25-15-7-8-18-27(25)33-29-20-10-12-22-32(29)43-37(30)33;1-2-8-14-13(7-1)19-15-9-3-5-11-17(15)23-21(19)22-20(14)16-10-4-6-12-18(16)24-22;17-16-18-13(10-6-2-1-3-7-10)15-14(19-16)11-8-4-5-9-12(11)20-15/h1-23H;1-12,23H;1-9H/i1D,3D,4D,13D,14D;;1D,2D,3D,6D,7D. The van der Waals surface area contributed by atoms with Crippen molar-refractivity contribution in [2.45, 2.75) is 0 Å². The summed E-state index contributed by atoms with van der Waals surface area (Å²) >= 11 is 9.61. The summed E-state index contributed by atoms with van der Waals surface area (Å²) in [6.07, 6.45) is 0. The third-order valence-electron chi connectivity index (χ3n) is 15.7. The van der Waals surface area contributed by atoms with Crippen LogP contribution in [0.3, 0.4) is 0 Å². The van der Waals surface area contributed by atoms with Crippen LogP contribution in [0.5, 0.6) is 0 Å². The Morgan fingerprint density at radius 2 is 0.908 bits per heavy atom. The minimum absolute atomic E-state index is 0.0489. The van der Waals surface area contributed by atoms with Gasteiger partial charge in [-0.3, -0.25) is 4.90 Å². The van der Waals surface area contributed by atoms with E-state index in [1.807, 2.05) is 89.0 Å². The molecule has 0 unspecified atom stereocenters. The fourth-order valence-electron chi connectivity index (χ4n) is 12.0. The van der Waals surface area contributed by atoms with E-state index in [1.165, 1.54) is 52.8 Å². The lowest BCUT2D eigenvalue weighted by atomic mass is 9.99. The Bertz CT molecular complexity index is 6370. The van der Waals surface area contributed by atoms with Crippen molar-refractivity contribution < 1.29 is 22.5 Å². The largest absolute Gasteiger partial charge is 0.452 e. The number of nitrogens with one attached hydrogen (secondary N) is 1. The summed E-state index contributed by atoms with van der Waals surface area (Å²) in [5, 5.41) is 13.9. The number of aromatic nitrogens is 5. The summed E-state index contributed by atoms with van der Waals surface area (Å²) in [4.78, 5) is 24.1. The van der Waals surface area contributed by atoms with E-state index in [4.69, 9.17) is 44.1 Å². The second kappa shape index (κ2) is 20.8. The molecule has 410 valence electrons. The maximum absolute atomic E-state index is 8.86. The predicted octanol–water partition coefficient (Wildman–Crippen LogP) is 22.6. The Balaban J connectivity index is 0.000000121. The van der Waals surface area contributed by atoms with Crippen molar-refractivity contribution in [3.05, 3.63) is 272 Å². The van der Waals surface area contributed by atoms with Gasteiger partial charge in [0.2, 0.25) is 11.2 Å². The molecule has 1 N–H and O–H groups in total. The van der Waals surface area contributed by atoms with Gasteiger partial charge in [0.1, 0.15) is 33.6 Å². The first-order valence-electron chi connectivity index (χ1n) is 32.8. The zero-order valence-electron chi connectivity index (χ0n) is 55.4. The van der Waals surface area contributed by atoms with Gasteiger partial charge in [-0.1, -0.05) is 206 Å². The van der Waals surface area contributed by atoms with Crippen LogP contribution >= 0.6 is 34.3 Å². The van der Waals surface area contributed by atoms with Crippen molar-refractivity contribution in [3.8, 4) is 22.5 Å². The summed E-state index contributed by atoms with van der Waals surface area (Å²) < 4.78 is 99.5. The smallest absolute Gasteiger partial charge is 0.236 e. The topological polar surface area (TPSA) is 96.9 Å². The average molecular weight is 1180 g/mol. The van der Waals surface area contributed by atoms with Crippen LogP contribution < -0.4 is 4.90 Å². The van der Waals surface area contributed by atoms with Gasteiger partial charge < -0.3 is 13.8 Å². The number of fused-ring (bicyclic) bond motifs is 21. The monoisotopic (exact) mass is 1180 g/mol. The molecule has 0 atom stereocenters. The molecular weight excluding hydrogens is 1130 g/mol. The molecule has 0 fully saturated rings. The lowest BCUT2D eigenvalue weighted by Crippen LogP contribution is -2.14. The second-order valence-corrected chi connectivity index (χ2v) is 23.1. The van der Waals surface area contributed by atoms with E-state index in [0.717, 1.165) is 47.7 Å². The number of hydrogen-bond donors (Lipinski definition) is 1. The number of furan rings is 2. The molecule has 87 heavy (non-hydrogen) atoms. The maximum Gasteiger partial charge on any atom is 0.236 e. The molecular formula is C76H45ClN6O2S2. The molecule has 19 aromatic rings. The average Bonchev–Trinajstić information content (AvgIpc) is 1.60. The van der Waals surface area contributed by atoms with E-state index in [-0.39, 0.29) is 69.1 Å². The molecule has 7 heterocycles. The summed E-state index contributed by atoms with van der Waals surface area (Å²) in [6.45, 7) is 0. The van der Waals surface area contributed by atoms with E-state index in [0.29, 0.717) is 27.6 Å². The first-order chi connectivity index (χ1) is 47.2. The first kappa shape index (κ1) is 41.3. The maximum atomic E-state index is 8.86. The highest BCUT2D eigenvalue weighted by Crippen LogP contribution is 2.49.